The number of aromatic nitrogens is 1. The van der Waals surface area contributed by atoms with Crippen LogP contribution in [-0.4, -0.2) is 31.7 Å². The Hall–Kier alpha value is -1.74. The quantitative estimate of drug-likeness (QED) is 0.462. The normalized spacial score (nSPS) is 15.5. The van der Waals surface area contributed by atoms with Crippen molar-refractivity contribution in [3.8, 4) is 11.3 Å². The predicted octanol–water partition coefficient (Wildman–Crippen LogP) is 5.84. The van der Waals surface area contributed by atoms with Crippen LogP contribution in [0.5, 0.6) is 0 Å². The van der Waals surface area contributed by atoms with Gasteiger partial charge in [0.05, 0.1) is 16.0 Å². The molecule has 0 N–H and O–H groups in total. The van der Waals surface area contributed by atoms with Crippen LogP contribution in [-0.2, 0) is 9.84 Å². The summed E-state index contributed by atoms with van der Waals surface area (Å²) in [5.74, 6) is -2.11. The molecule has 30 heavy (non-hydrogen) atoms. The molecule has 0 radical (unpaired) electrons. The Morgan fingerprint density at radius 2 is 1.73 bits per heavy atom. The molecule has 158 valence electrons. The summed E-state index contributed by atoms with van der Waals surface area (Å²) in [6.45, 7) is 0.836. The number of nitrogens with zero attached hydrogens (tertiary/aromatic N) is 2. The van der Waals surface area contributed by atoms with Gasteiger partial charge in [-0.25, -0.2) is 22.2 Å². The second-order valence-corrected chi connectivity index (χ2v) is 10.8. The standard InChI is InChI=1S/C20H16Cl2F2N2O2S2/c21-12-4-5-14(15(22)10-12)18-11-29-20(25-18)26-8-6-13(7-9-26)30(27,28)19-16(23)2-1-3-17(19)24/h1-5,10-11,13H,6-9H2. The zero-order valence-electron chi connectivity index (χ0n) is 15.5. The van der Waals surface area contributed by atoms with Crippen LogP contribution in [0.3, 0.4) is 0 Å². The molecule has 0 spiro atoms. The van der Waals surface area contributed by atoms with Gasteiger partial charge in [0.2, 0.25) is 0 Å². The fraction of sp³-hybridized carbons (Fsp3) is 0.250. The summed E-state index contributed by atoms with van der Waals surface area (Å²) in [4.78, 5) is 5.75. The van der Waals surface area contributed by atoms with E-state index in [2.05, 4.69) is 4.98 Å². The Kier molecular flexibility index (Phi) is 6.03. The summed E-state index contributed by atoms with van der Waals surface area (Å²) < 4.78 is 53.6. The van der Waals surface area contributed by atoms with Crippen LogP contribution in [0.25, 0.3) is 11.3 Å². The second-order valence-electron chi connectivity index (χ2n) is 6.92. The first-order chi connectivity index (χ1) is 14.3. The zero-order valence-corrected chi connectivity index (χ0v) is 18.6. The lowest BCUT2D eigenvalue weighted by Gasteiger charge is -2.31. The van der Waals surface area contributed by atoms with Crippen LogP contribution < -0.4 is 4.90 Å². The fourth-order valence-electron chi connectivity index (χ4n) is 3.51. The SMILES string of the molecule is O=S(=O)(c1c(F)cccc1F)C1CCN(c2nc(-c3ccc(Cl)cc3Cl)cs2)CC1. The molecular weight excluding hydrogens is 473 g/mol. The molecule has 10 heteroatoms. The van der Waals surface area contributed by atoms with Crippen molar-refractivity contribution in [3.63, 3.8) is 0 Å². The third kappa shape index (κ3) is 4.06. The second kappa shape index (κ2) is 8.42. The summed E-state index contributed by atoms with van der Waals surface area (Å²) in [5, 5.41) is 2.81. The molecule has 2 heterocycles. The molecule has 4 rings (SSSR count). The summed E-state index contributed by atoms with van der Waals surface area (Å²) in [6, 6.07) is 8.26. The molecule has 4 nitrogen and oxygen atoms in total. The van der Waals surface area contributed by atoms with Gasteiger partial charge in [-0.1, -0.05) is 29.3 Å². The third-order valence-electron chi connectivity index (χ3n) is 5.05. The summed E-state index contributed by atoms with van der Waals surface area (Å²) in [7, 11) is -4.10. The molecule has 0 atom stereocenters. The molecule has 0 unspecified atom stereocenters. The van der Waals surface area contributed by atoms with Crippen LogP contribution in [0.15, 0.2) is 46.7 Å². The molecule has 1 aliphatic rings. The van der Waals surface area contributed by atoms with Gasteiger partial charge in [0, 0.05) is 29.1 Å². The maximum atomic E-state index is 14.0. The van der Waals surface area contributed by atoms with E-state index in [1.165, 1.54) is 11.3 Å². The minimum absolute atomic E-state index is 0.257. The van der Waals surface area contributed by atoms with Crippen molar-refractivity contribution < 1.29 is 17.2 Å². The lowest BCUT2D eigenvalue weighted by Crippen LogP contribution is -2.39. The molecule has 2 aromatic carbocycles. The maximum absolute atomic E-state index is 14.0. The van der Waals surface area contributed by atoms with Crippen LogP contribution >= 0.6 is 34.5 Å². The van der Waals surface area contributed by atoms with Gasteiger partial charge in [-0.2, -0.15) is 0 Å². The molecule has 0 bridgehead atoms. The number of rotatable bonds is 4. The summed E-state index contributed by atoms with van der Waals surface area (Å²) in [5.41, 5.74) is 1.47. The topological polar surface area (TPSA) is 50.3 Å². The fourth-order valence-corrected chi connectivity index (χ4v) is 6.74. The summed E-state index contributed by atoms with van der Waals surface area (Å²) >= 11 is 13.6. The Morgan fingerprint density at radius 1 is 1.07 bits per heavy atom. The number of thiazole rings is 1. The van der Waals surface area contributed by atoms with Crippen molar-refractivity contribution in [3.05, 3.63) is 63.5 Å². The third-order valence-corrected chi connectivity index (χ3v) is 8.81. The average molecular weight is 489 g/mol. The van der Waals surface area contributed by atoms with Crippen LogP contribution in [0.1, 0.15) is 12.8 Å². The Bertz CT molecular complexity index is 1170. The van der Waals surface area contributed by atoms with E-state index in [-0.39, 0.29) is 12.8 Å². The minimum Gasteiger partial charge on any atom is -0.348 e. The van der Waals surface area contributed by atoms with Crippen molar-refractivity contribution in [1.29, 1.82) is 0 Å². The van der Waals surface area contributed by atoms with Crippen molar-refractivity contribution in [2.45, 2.75) is 23.0 Å². The molecule has 0 aliphatic carbocycles. The number of sulfone groups is 1. The van der Waals surface area contributed by atoms with E-state index in [4.69, 9.17) is 23.2 Å². The molecule has 1 fully saturated rings. The van der Waals surface area contributed by atoms with Gasteiger partial charge >= 0.3 is 0 Å². The van der Waals surface area contributed by atoms with Crippen molar-refractivity contribution in [2.75, 3.05) is 18.0 Å². The Labute approximate surface area is 187 Å². The van der Waals surface area contributed by atoms with Crippen molar-refractivity contribution in [2.24, 2.45) is 0 Å². The maximum Gasteiger partial charge on any atom is 0.187 e. The molecule has 1 saturated heterocycles. The first-order valence-electron chi connectivity index (χ1n) is 9.11. The van der Waals surface area contributed by atoms with E-state index in [9.17, 15) is 17.2 Å². The van der Waals surface area contributed by atoms with Gasteiger partial charge in [-0.3, -0.25) is 0 Å². The molecule has 1 aliphatic heterocycles. The highest BCUT2D eigenvalue weighted by Gasteiger charge is 2.35. The number of hydrogen-bond donors (Lipinski definition) is 0. The van der Waals surface area contributed by atoms with Gasteiger partial charge in [0.1, 0.15) is 16.5 Å². The largest absolute Gasteiger partial charge is 0.348 e. The minimum atomic E-state index is -4.10. The molecular formula is C20H16Cl2F2N2O2S2. The highest BCUT2D eigenvalue weighted by atomic mass is 35.5. The van der Waals surface area contributed by atoms with E-state index in [0.29, 0.717) is 28.8 Å². The van der Waals surface area contributed by atoms with Gasteiger partial charge in [0.15, 0.2) is 15.0 Å². The van der Waals surface area contributed by atoms with Gasteiger partial charge in [-0.05, 0) is 43.2 Å². The Morgan fingerprint density at radius 3 is 2.37 bits per heavy atom. The van der Waals surface area contributed by atoms with Gasteiger partial charge in [-0.15, -0.1) is 11.3 Å². The van der Waals surface area contributed by atoms with Gasteiger partial charge in [0.25, 0.3) is 0 Å². The Balaban J connectivity index is 1.50. The molecule has 0 saturated carbocycles. The number of halogens is 4. The number of anilines is 1. The van der Waals surface area contributed by atoms with Crippen LogP contribution in [0.2, 0.25) is 10.0 Å². The predicted molar refractivity (Wildman–Crippen MR) is 116 cm³/mol. The highest BCUT2D eigenvalue weighted by Crippen LogP contribution is 2.35. The van der Waals surface area contributed by atoms with Crippen LogP contribution in [0, 0.1) is 11.6 Å². The lowest BCUT2D eigenvalue weighted by molar-refractivity contribution is 0.497. The van der Waals surface area contributed by atoms with Gasteiger partial charge < -0.3 is 4.90 Å². The highest BCUT2D eigenvalue weighted by molar-refractivity contribution is 7.92. The first-order valence-corrected chi connectivity index (χ1v) is 12.3. The number of benzene rings is 2. The van der Waals surface area contributed by atoms with E-state index in [1.54, 1.807) is 18.2 Å². The molecule has 3 aromatic rings. The van der Waals surface area contributed by atoms with E-state index in [0.717, 1.165) is 28.9 Å². The monoisotopic (exact) mass is 488 g/mol. The average Bonchev–Trinajstić information content (AvgIpc) is 3.17. The smallest absolute Gasteiger partial charge is 0.187 e. The van der Waals surface area contributed by atoms with E-state index in [1.807, 2.05) is 10.3 Å². The first kappa shape index (κ1) is 21.5. The van der Waals surface area contributed by atoms with Crippen molar-refractivity contribution in [1.82, 2.24) is 4.98 Å². The van der Waals surface area contributed by atoms with E-state index >= 15 is 0 Å². The lowest BCUT2D eigenvalue weighted by atomic mass is 10.1. The van der Waals surface area contributed by atoms with Crippen molar-refractivity contribution >= 4 is 49.5 Å². The number of hydrogen-bond acceptors (Lipinski definition) is 5. The molecule has 0 amide bonds. The summed E-state index contributed by atoms with van der Waals surface area (Å²) in [6.07, 6.45) is 0.513. The van der Waals surface area contributed by atoms with E-state index < -0.39 is 31.6 Å². The van der Waals surface area contributed by atoms with Crippen LogP contribution in [0.4, 0.5) is 13.9 Å². The zero-order chi connectivity index (χ0) is 21.5. The number of piperidine rings is 1. The molecule has 1 aromatic heterocycles.